The van der Waals surface area contributed by atoms with Gasteiger partial charge >= 0.3 is 6.03 Å². The third-order valence-electron chi connectivity index (χ3n) is 8.25. The number of hydrogen-bond donors (Lipinski definition) is 3. The molecule has 7 heteroatoms. The third-order valence-corrected chi connectivity index (χ3v) is 8.25. The molecule has 2 amide bonds. The van der Waals surface area contributed by atoms with E-state index in [-0.39, 0.29) is 30.8 Å². The first kappa shape index (κ1) is 32.1. The molecule has 4 aromatic carbocycles. The Kier molecular flexibility index (Phi) is 11.2. The molecule has 1 aliphatic heterocycles. The molecule has 4 aromatic rings. The van der Waals surface area contributed by atoms with Crippen molar-refractivity contribution in [2.24, 2.45) is 5.92 Å². The summed E-state index contributed by atoms with van der Waals surface area (Å²) in [6.07, 6.45) is 1.17. The fraction of sp³-hybridized carbons (Fsp3) is 0.289. The second-order valence-corrected chi connectivity index (χ2v) is 11.7. The van der Waals surface area contributed by atoms with E-state index in [4.69, 9.17) is 9.47 Å². The Balaban J connectivity index is 1.26. The Hall–Kier alpha value is -4.27. The van der Waals surface area contributed by atoms with Crippen LogP contribution in [0.5, 0.6) is 0 Å². The van der Waals surface area contributed by atoms with E-state index >= 15 is 0 Å². The standard InChI is InChI=1S/C38H43N3O4/c1-4-21-41(3)25-35-27(2)36(32-15-13-29(26-42)14-16-32)45-37(44-35)33-19-17-31(18-20-33)34-12-8-11-30(22-34)24-40-38(43)39-23-28-9-6-5-7-10-28/h4-20,22,27,35-37,42H,1,21,23-26H2,2-3H3,(H2,39,40,43)/t27-,35+,36+,37+/m1/s1. The van der Waals surface area contributed by atoms with Gasteiger partial charge in [0.2, 0.25) is 0 Å². The van der Waals surface area contributed by atoms with Crippen LogP contribution < -0.4 is 10.6 Å². The molecule has 1 fully saturated rings. The van der Waals surface area contributed by atoms with Gasteiger partial charge in [-0.15, -0.1) is 6.58 Å². The molecule has 0 radical (unpaired) electrons. The normalized spacial score (nSPS) is 19.6. The number of likely N-dealkylation sites (N-methyl/N-ethyl adjacent to an activating group) is 1. The summed E-state index contributed by atoms with van der Waals surface area (Å²) in [5.41, 5.74) is 7.10. The average Bonchev–Trinajstić information content (AvgIpc) is 3.08. The highest BCUT2D eigenvalue weighted by atomic mass is 16.7. The fourth-order valence-electron chi connectivity index (χ4n) is 5.65. The smallest absolute Gasteiger partial charge is 0.315 e. The molecule has 234 valence electrons. The molecule has 0 bridgehead atoms. The first-order chi connectivity index (χ1) is 21.9. The molecule has 1 saturated heterocycles. The minimum absolute atomic E-state index is 0.0118. The molecule has 1 aliphatic rings. The summed E-state index contributed by atoms with van der Waals surface area (Å²) >= 11 is 0. The van der Waals surface area contributed by atoms with Gasteiger partial charge in [-0.1, -0.05) is 110 Å². The highest BCUT2D eigenvalue weighted by Crippen LogP contribution is 2.42. The maximum atomic E-state index is 12.3. The second-order valence-electron chi connectivity index (χ2n) is 11.7. The summed E-state index contributed by atoms with van der Waals surface area (Å²) in [7, 11) is 2.07. The van der Waals surface area contributed by atoms with Crippen molar-refractivity contribution >= 4 is 6.03 Å². The van der Waals surface area contributed by atoms with E-state index in [9.17, 15) is 9.90 Å². The fourth-order valence-corrected chi connectivity index (χ4v) is 5.65. The summed E-state index contributed by atoms with van der Waals surface area (Å²) in [6.45, 7) is 8.50. The van der Waals surface area contributed by atoms with Gasteiger partial charge in [0.15, 0.2) is 6.29 Å². The molecule has 3 N–H and O–H groups in total. The van der Waals surface area contributed by atoms with E-state index in [1.165, 1.54) is 0 Å². The number of rotatable bonds is 12. The van der Waals surface area contributed by atoms with Crippen molar-refractivity contribution < 1.29 is 19.4 Å². The number of hydrogen-bond acceptors (Lipinski definition) is 5. The lowest BCUT2D eigenvalue weighted by Gasteiger charge is -2.42. The molecule has 0 aliphatic carbocycles. The monoisotopic (exact) mass is 605 g/mol. The maximum Gasteiger partial charge on any atom is 0.315 e. The summed E-state index contributed by atoms with van der Waals surface area (Å²) in [5.74, 6) is 0.115. The second kappa shape index (κ2) is 15.6. The SMILES string of the molecule is C=CCN(C)C[C@@H]1O[C@H](c2ccc(-c3cccc(CNC(=O)NCc4ccccc4)c3)cc2)O[C@H](c2ccc(CO)cc2)[C@@H]1C. The van der Waals surface area contributed by atoms with E-state index in [0.29, 0.717) is 13.1 Å². The van der Waals surface area contributed by atoms with Crippen molar-refractivity contribution in [3.8, 4) is 11.1 Å². The molecular weight excluding hydrogens is 562 g/mol. The maximum absolute atomic E-state index is 12.3. The quantitative estimate of drug-likeness (QED) is 0.156. The zero-order valence-corrected chi connectivity index (χ0v) is 26.1. The number of aliphatic hydroxyl groups is 1. The molecule has 45 heavy (non-hydrogen) atoms. The zero-order valence-electron chi connectivity index (χ0n) is 26.1. The summed E-state index contributed by atoms with van der Waals surface area (Å²) in [6, 6.07) is 34.1. The largest absolute Gasteiger partial charge is 0.392 e. The first-order valence-electron chi connectivity index (χ1n) is 15.5. The van der Waals surface area contributed by atoms with E-state index < -0.39 is 6.29 Å². The predicted octanol–water partition coefficient (Wildman–Crippen LogP) is 6.75. The molecule has 1 heterocycles. The molecule has 0 aromatic heterocycles. The summed E-state index contributed by atoms with van der Waals surface area (Å²) in [5, 5.41) is 15.4. The topological polar surface area (TPSA) is 83.1 Å². The van der Waals surface area contributed by atoms with Crippen molar-refractivity contribution in [1.29, 1.82) is 0 Å². The van der Waals surface area contributed by atoms with E-state index in [0.717, 1.165) is 52.0 Å². The lowest BCUT2D eigenvalue weighted by Crippen LogP contribution is -2.43. The Morgan fingerprint density at radius 2 is 1.49 bits per heavy atom. The van der Waals surface area contributed by atoms with Crippen LogP contribution in [-0.4, -0.2) is 42.3 Å². The minimum Gasteiger partial charge on any atom is -0.392 e. The molecule has 0 unspecified atom stereocenters. The van der Waals surface area contributed by atoms with E-state index in [1.54, 1.807) is 0 Å². The number of urea groups is 1. The van der Waals surface area contributed by atoms with Gasteiger partial charge in [0.1, 0.15) is 0 Å². The molecule has 0 spiro atoms. The molecule has 4 atom stereocenters. The van der Waals surface area contributed by atoms with Crippen LogP contribution in [0.2, 0.25) is 0 Å². The zero-order chi connectivity index (χ0) is 31.6. The van der Waals surface area contributed by atoms with E-state index in [1.807, 2.05) is 72.8 Å². The van der Waals surface area contributed by atoms with Crippen LogP contribution in [-0.2, 0) is 29.2 Å². The van der Waals surface area contributed by atoms with Crippen LogP contribution in [0.25, 0.3) is 11.1 Å². The molecule has 0 saturated carbocycles. The highest BCUT2D eigenvalue weighted by Gasteiger charge is 2.38. The van der Waals surface area contributed by atoms with Gasteiger partial charge in [-0.05, 0) is 46.5 Å². The van der Waals surface area contributed by atoms with Gasteiger partial charge in [-0.3, -0.25) is 0 Å². The Morgan fingerprint density at radius 3 is 2.18 bits per heavy atom. The van der Waals surface area contributed by atoms with Crippen molar-refractivity contribution in [2.45, 2.75) is 45.1 Å². The number of aliphatic hydroxyl groups excluding tert-OH is 1. The van der Waals surface area contributed by atoms with Gasteiger partial charge in [0.05, 0.1) is 18.8 Å². The number of nitrogens with one attached hydrogen (secondary N) is 2. The Bertz CT molecular complexity index is 1530. The van der Waals surface area contributed by atoms with Crippen LogP contribution in [0.3, 0.4) is 0 Å². The number of amides is 2. The third kappa shape index (κ3) is 8.68. The van der Waals surface area contributed by atoms with Crippen molar-refractivity contribution in [2.75, 3.05) is 20.1 Å². The first-order valence-corrected chi connectivity index (χ1v) is 15.5. The van der Waals surface area contributed by atoms with Gasteiger partial charge in [0.25, 0.3) is 0 Å². The highest BCUT2D eigenvalue weighted by molar-refractivity contribution is 5.74. The molecule has 5 rings (SSSR count). The van der Waals surface area contributed by atoms with Crippen molar-refractivity contribution in [3.05, 3.63) is 144 Å². The Labute approximate surface area is 266 Å². The van der Waals surface area contributed by atoms with Crippen molar-refractivity contribution in [1.82, 2.24) is 15.5 Å². The average molecular weight is 606 g/mol. The Morgan fingerprint density at radius 1 is 0.822 bits per heavy atom. The summed E-state index contributed by atoms with van der Waals surface area (Å²) < 4.78 is 13.2. The number of benzene rings is 4. The van der Waals surface area contributed by atoms with Crippen LogP contribution in [0.4, 0.5) is 4.79 Å². The number of carbonyl (C=O) groups is 1. The number of nitrogens with zero attached hydrogens (tertiary/aromatic N) is 1. The molecule has 7 nitrogen and oxygen atoms in total. The number of carbonyl (C=O) groups excluding carboxylic acids is 1. The minimum atomic E-state index is -0.523. The van der Waals surface area contributed by atoms with Crippen LogP contribution in [0, 0.1) is 5.92 Å². The summed E-state index contributed by atoms with van der Waals surface area (Å²) in [4.78, 5) is 14.6. The van der Waals surface area contributed by atoms with Gasteiger partial charge in [0, 0.05) is 37.7 Å². The lowest BCUT2D eigenvalue weighted by molar-refractivity contribution is -0.275. The van der Waals surface area contributed by atoms with Gasteiger partial charge in [-0.2, -0.15) is 0 Å². The molecular formula is C38H43N3O4. The van der Waals surface area contributed by atoms with Crippen LogP contribution >= 0.6 is 0 Å². The van der Waals surface area contributed by atoms with Crippen LogP contribution in [0.15, 0.2) is 116 Å². The lowest BCUT2D eigenvalue weighted by atomic mass is 9.90. The van der Waals surface area contributed by atoms with E-state index in [2.05, 4.69) is 72.5 Å². The van der Waals surface area contributed by atoms with Gasteiger partial charge < -0.3 is 30.1 Å². The van der Waals surface area contributed by atoms with Crippen molar-refractivity contribution in [3.63, 3.8) is 0 Å². The predicted molar refractivity (Wildman–Crippen MR) is 178 cm³/mol. The van der Waals surface area contributed by atoms with Gasteiger partial charge in [-0.25, -0.2) is 4.79 Å². The number of ether oxygens (including phenoxy) is 2. The van der Waals surface area contributed by atoms with Crippen LogP contribution in [0.1, 0.15) is 47.1 Å².